The number of ether oxygens (including phenoxy) is 1. The van der Waals surface area contributed by atoms with Crippen LogP contribution in [-0.2, 0) is 30.3 Å². The van der Waals surface area contributed by atoms with Gasteiger partial charge in [0.15, 0.2) is 6.61 Å². The molecule has 0 bridgehead atoms. The Kier molecular flexibility index (Phi) is 7.00. The van der Waals surface area contributed by atoms with Crippen molar-refractivity contribution < 1.29 is 23.9 Å². The molecule has 0 aliphatic carbocycles. The maximum absolute atomic E-state index is 12.3. The van der Waals surface area contributed by atoms with E-state index in [1.54, 1.807) is 0 Å². The van der Waals surface area contributed by atoms with Gasteiger partial charge in [0.05, 0.1) is 6.42 Å². The van der Waals surface area contributed by atoms with E-state index in [-0.39, 0.29) is 18.9 Å². The van der Waals surface area contributed by atoms with E-state index in [4.69, 9.17) is 10.5 Å². The normalized spacial score (nSPS) is 16.1. The third-order valence-electron chi connectivity index (χ3n) is 5.17. The van der Waals surface area contributed by atoms with Gasteiger partial charge in [-0.3, -0.25) is 19.2 Å². The van der Waals surface area contributed by atoms with Crippen molar-refractivity contribution in [2.45, 2.75) is 31.7 Å². The van der Waals surface area contributed by atoms with Crippen molar-refractivity contribution in [3.8, 4) is 0 Å². The van der Waals surface area contributed by atoms with E-state index < -0.39 is 30.4 Å². The molecule has 1 aliphatic heterocycles. The average molecular weight is 411 g/mol. The van der Waals surface area contributed by atoms with Crippen molar-refractivity contribution in [2.24, 2.45) is 5.73 Å². The van der Waals surface area contributed by atoms with Crippen molar-refractivity contribution >= 4 is 34.5 Å². The lowest BCUT2D eigenvalue weighted by molar-refractivity contribution is -0.154. The molecular formula is C22H25N3O5. The highest BCUT2D eigenvalue weighted by Crippen LogP contribution is 2.19. The van der Waals surface area contributed by atoms with Gasteiger partial charge in [0.25, 0.3) is 5.91 Å². The second-order valence-electron chi connectivity index (χ2n) is 7.25. The van der Waals surface area contributed by atoms with Gasteiger partial charge in [0.1, 0.15) is 12.6 Å². The van der Waals surface area contributed by atoms with Crippen LogP contribution in [0.25, 0.3) is 10.8 Å². The summed E-state index contributed by atoms with van der Waals surface area (Å²) in [6.07, 6.45) is 2.23. The number of carbonyl (C=O) groups is 4. The number of primary amides is 1. The van der Waals surface area contributed by atoms with Crippen LogP contribution < -0.4 is 11.1 Å². The summed E-state index contributed by atoms with van der Waals surface area (Å²) in [5, 5.41) is 4.53. The largest absolute Gasteiger partial charge is 0.454 e. The van der Waals surface area contributed by atoms with Crippen LogP contribution in [0.5, 0.6) is 0 Å². The van der Waals surface area contributed by atoms with Gasteiger partial charge in [-0.05, 0) is 35.6 Å². The molecule has 0 radical (unpaired) electrons. The van der Waals surface area contributed by atoms with Gasteiger partial charge in [-0.1, -0.05) is 42.5 Å². The Bertz CT molecular complexity index is 953. The number of esters is 1. The molecule has 0 saturated carbocycles. The Morgan fingerprint density at radius 1 is 1.07 bits per heavy atom. The third-order valence-corrected chi connectivity index (χ3v) is 5.17. The second kappa shape index (κ2) is 9.87. The van der Waals surface area contributed by atoms with Crippen LogP contribution in [0.2, 0.25) is 0 Å². The minimum Gasteiger partial charge on any atom is -0.454 e. The lowest BCUT2D eigenvalue weighted by Crippen LogP contribution is -2.51. The molecular weight excluding hydrogens is 386 g/mol. The Hall–Kier alpha value is -3.42. The minimum atomic E-state index is -0.720. The van der Waals surface area contributed by atoms with Crippen molar-refractivity contribution in [3.63, 3.8) is 0 Å². The van der Waals surface area contributed by atoms with E-state index in [0.29, 0.717) is 13.0 Å². The number of hydrogen-bond donors (Lipinski definition) is 2. The fraction of sp³-hybridized carbons (Fsp3) is 0.364. The maximum Gasteiger partial charge on any atom is 0.325 e. The zero-order valence-corrected chi connectivity index (χ0v) is 16.6. The molecule has 30 heavy (non-hydrogen) atoms. The van der Waals surface area contributed by atoms with Crippen LogP contribution in [0, 0.1) is 0 Å². The molecule has 3 amide bonds. The molecule has 2 aromatic rings. The molecule has 1 aliphatic rings. The number of nitrogens with two attached hydrogens (primary N) is 1. The number of nitrogens with one attached hydrogen (secondary N) is 1. The number of hydrogen-bond acceptors (Lipinski definition) is 5. The average Bonchev–Trinajstić information content (AvgIpc) is 2.76. The van der Waals surface area contributed by atoms with E-state index in [0.717, 1.165) is 29.2 Å². The number of nitrogens with zero attached hydrogens (tertiary/aromatic N) is 1. The highest BCUT2D eigenvalue weighted by molar-refractivity contribution is 5.91. The van der Waals surface area contributed by atoms with Gasteiger partial charge in [-0.15, -0.1) is 0 Å². The highest BCUT2D eigenvalue weighted by atomic mass is 16.5. The number of piperidine rings is 1. The Labute approximate surface area is 174 Å². The Morgan fingerprint density at radius 3 is 2.63 bits per heavy atom. The van der Waals surface area contributed by atoms with E-state index in [1.807, 2.05) is 42.5 Å². The predicted octanol–water partition coefficient (Wildman–Crippen LogP) is 0.908. The van der Waals surface area contributed by atoms with Crippen molar-refractivity contribution in [2.75, 3.05) is 19.7 Å². The molecule has 3 rings (SSSR count). The van der Waals surface area contributed by atoms with Gasteiger partial charge in [-0.25, -0.2) is 0 Å². The van der Waals surface area contributed by atoms with Crippen molar-refractivity contribution in [1.29, 1.82) is 0 Å². The Morgan fingerprint density at radius 2 is 1.83 bits per heavy atom. The number of benzene rings is 2. The summed E-state index contributed by atoms with van der Waals surface area (Å²) in [7, 11) is 0. The van der Waals surface area contributed by atoms with Gasteiger partial charge < -0.3 is 20.7 Å². The molecule has 1 fully saturated rings. The third kappa shape index (κ3) is 5.34. The smallest absolute Gasteiger partial charge is 0.325 e. The summed E-state index contributed by atoms with van der Waals surface area (Å²) >= 11 is 0. The zero-order valence-electron chi connectivity index (χ0n) is 16.6. The first-order chi connectivity index (χ1) is 14.5. The molecule has 8 nitrogen and oxygen atoms in total. The SMILES string of the molecule is NC(=O)[C@H]1CCCCN1C(=O)COC(=O)CNC(=O)Cc1cccc2ccccc12. The summed E-state index contributed by atoms with van der Waals surface area (Å²) in [4.78, 5) is 49.3. The topological polar surface area (TPSA) is 119 Å². The molecule has 158 valence electrons. The lowest BCUT2D eigenvalue weighted by Gasteiger charge is -2.33. The van der Waals surface area contributed by atoms with Crippen LogP contribution in [0.3, 0.4) is 0 Å². The summed E-state index contributed by atoms with van der Waals surface area (Å²) < 4.78 is 4.96. The molecule has 8 heteroatoms. The number of rotatable bonds is 7. The summed E-state index contributed by atoms with van der Waals surface area (Å²) in [6.45, 7) is -0.413. The maximum atomic E-state index is 12.3. The first kappa shape index (κ1) is 21.3. The molecule has 1 atom stereocenters. The molecule has 0 aromatic heterocycles. The van der Waals surface area contributed by atoms with Crippen LogP contribution >= 0.6 is 0 Å². The van der Waals surface area contributed by atoms with E-state index in [2.05, 4.69) is 5.32 Å². The lowest BCUT2D eigenvalue weighted by atomic mass is 10.0. The standard InChI is InChI=1S/C22H25N3O5/c23-22(29)18-10-3-4-11-25(18)20(27)14-30-21(28)13-24-19(26)12-16-8-5-7-15-6-1-2-9-17(15)16/h1-2,5-9,18H,3-4,10-14H2,(H2,23,29)(H,24,26)/t18-/m1/s1. The molecule has 0 unspecified atom stereocenters. The van der Waals surface area contributed by atoms with E-state index in [9.17, 15) is 19.2 Å². The van der Waals surface area contributed by atoms with Gasteiger partial charge >= 0.3 is 5.97 Å². The monoisotopic (exact) mass is 411 g/mol. The van der Waals surface area contributed by atoms with Gasteiger partial charge in [-0.2, -0.15) is 0 Å². The van der Waals surface area contributed by atoms with Crippen molar-refractivity contribution in [3.05, 3.63) is 48.0 Å². The quantitative estimate of drug-likeness (QED) is 0.657. The number of carbonyl (C=O) groups excluding carboxylic acids is 4. The fourth-order valence-electron chi connectivity index (χ4n) is 3.65. The van der Waals surface area contributed by atoms with Crippen LogP contribution in [0.15, 0.2) is 42.5 Å². The number of amides is 3. The summed E-state index contributed by atoms with van der Waals surface area (Å²) in [5.41, 5.74) is 6.20. The Balaban J connectivity index is 1.45. The first-order valence-electron chi connectivity index (χ1n) is 9.93. The predicted molar refractivity (Wildman–Crippen MR) is 110 cm³/mol. The highest BCUT2D eigenvalue weighted by Gasteiger charge is 2.30. The van der Waals surface area contributed by atoms with Crippen LogP contribution in [0.4, 0.5) is 0 Å². The number of likely N-dealkylation sites (tertiary alicyclic amines) is 1. The zero-order chi connectivity index (χ0) is 21.5. The molecule has 3 N–H and O–H groups in total. The molecule has 1 heterocycles. The van der Waals surface area contributed by atoms with Crippen LogP contribution in [-0.4, -0.2) is 54.3 Å². The molecule has 1 saturated heterocycles. The van der Waals surface area contributed by atoms with E-state index >= 15 is 0 Å². The first-order valence-corrected chi connectivity index (χ1v) is 9.93. The van der Waals surface area contributed by atoms with Crippen LogP contribution in [0.1, 0.15) is 24.8 Å². The number of fused-ring (bicyclic) bond motifs is 1. The minimum absolute atomic E-state index is 0.127. The van der Waals surface area contributed by atoms with Crippen molar-refractivity contribution in [1.82, 2.24) is 10.2 Å². The summed E-state index contributed by atoms with van der Waals surface area (Å²) in [6, 6.07) is 12.8. The fourth-order valence-corrected chi connectivity index (χ4v) is 3.65. The van der Waals surface area contributed by atoms with Gasteiger partial charge in [0, 0.05) is 6.54 Å². The van der Waals surface area contributed by atoms with Gasteiger partial charge in [0.2, 0.25) is 11.8 Å². The van der Waals surface area contributed by atoms with E-state index in [1.165, 1.54) is 4.90 Å². The second-order valence-corrected chi connectivity index (χ2v) is 7.25. The summed E-state index contributed by atoms with van der Waals surface area (Å²) in [5.74, 6) is -2.06. The molecule has 2 aromatic carbocycles. The molecule has 0 spiro atoms.